The molecule has 7 heteroatoms. The van der Waals surface area contributed by atoms with Crippen LogP contribution in [0.1, 0.15) is 46.8 Å². The van der Waals surface area contributed by atoms with Gasteiger partial charge in [-0.1, -0.05) is 12.1 Å². The smallest absolute Gasteiger partial charge is 0.123 e. The van der Waals surface area contributed by atoms with E-state index in [9.17, 15) is 4.39 Å². The van der Waals surface area contributed by atoms with Crippen LogP contribution >= 0.6 is 0 Å². The quantitative estimate of drug-likeness (QED) is 0.242. The van der Waals surface area contributed by atoms with Crippen LogP contribution in [0.4, 0.5) is 4.39 Å². The summed E-state index contributed by atoms with van der Waals surface area (Å²) in [4.78, 5) is 17.2. The highest BCUT2D eigenvalue weighted by Crippen LogP contribution is 2.36. The monoisotopic (exact) mass is 534 g/mol. The summed E-state index contributed by atoms with van der Waals surface area (Å²) in [6, 6.07) is 19.3. The molecule has 3 aromatic carbocycles. The van der Waals surface area contributed by atoms with Gasteiger partial charge in [0.2, 0.25) is 0 Å². The Morgan fingerprint density at radius 3 is 1.80 bits per heavy atom. The predicted molar refractivity (Wildman–Crippen MR) is 158 cm³/mol. The number of rotatable bonds is 7. The number of aromatic nitrogens is 2. The molecule has 5 aromatic rings. The van der Waals surface area contributed by atoms with Gasteiger partial charge in [0, 0.05) is 47.0 Å². The molecule has 4 heterocycles. The van der Waals surface area contributed by atoms with Crippen LogP contribution in [0.5, 0.6) is 11.5 Å². The van der Waals surface area contributed by atoms with Crippen molar-refractivity contribution in [3.8, 4) is 11.5 Å². The Morgan fingerprint density at radius 1 is 0.750 bits per heavy atom. The lowest BCUT2D eigenvalue weighted by molar-refractivity contribution is 0.415. The van der Waals surface area contributed by atoms with Crippen molar-refractivity contribution in [1.82, 2.24) is 9.97 Å². The number of nitrogens with one attached hydrogen (secondary N) is 2. The van der Waals surface area contributed by atoms with Crippen LogP contribution in [-0.2, 0) is 12.8 Å². The molecule has 0 fully saturated rings. The summed E-state index contributed by atoms with van der Waals surface area (Å²) in [5.74, 6) is 1.43. The van der Waals surface area contributed by atoms with Crippen molar-refractivity contribution in [2.75, 3.05) is 27.3 Å². The van der Waals surface area contributed by atoms with Gasteiger partial charge in [-0.25, -0.2) is 4.39 Å². The summed E-state index contributed by atoms with van der Waals surface area (Å²) >= 11 is 0. The topological polar surface area (TPSA) is 74.8 Å². The van der Waals surface area contributed by atoms with Crippen molar-refractivity contribution in [1.29, 1.82) is 0 Å². The third-order valence-corrected chi connectivity index (χ3v) is 8.33. The summed E-state index contributed by atoms with van der Waals surface area (Å²) in [7, 11) is 3.37. The number of halogens is 1. The summed E-state index contributed by atoms with van der Waals surface area (Å²) in [6.45, 7) is 1.48. The molecular formula is C33H31FN4O2. The number of methoxy groups -OCH3 is 2. The van der Waals surface area contributed by atoms with Crippen LogP contribution in [0.3, 0.4) is 0 Å². The fraction of sp³-hybridized carbons (Fsp3) is 0.273. The van der Waals surface area contributed by atoms with E-state index in [4.69, 9.17) is 19.5 Å². The molecule has 0 aliphatic carbocycles. The first-order valence-corrected chi connectivity index (χ1v) is 13.8. The van der Waals surface area contributed by atoms with E-state index in [0.29, 0.717) is 12.8 Å². The third kappa shape index (κ3) is 4.26. The fourth-order valence-electron chi connectivity index (χ4n) is 6.37. The number of fused-ring (bicyclic) bond motifs is 6. The summed E-state index contributed by atoms with van der Waals surface area (Å²) < 4.78 is 25.4. The Hall–Kier alpha value is -4.39. The largest absolute Gasteiger partial charge is 0.497 e. The summed E-state index contributed by atoms with van der Waals surface area (Å²) in [5, 5.41) is 2.42. The van der Waals surface area contributed by atoms with E-state index >= 15 is 0 Å². The maximum Gasteiger partial charge on any atom is 0.123 e. The Labute approximate surface area is 232 Å². The van der Waals surface area contributed by atoms with Crippen LogP contribution in [0.2, 0.25) is 0 Å². The van der Waals surface area contributed by atoms with Crippen molar-refractivity contribution in [3.63, 3.8) is 0 Å². The van der Waals surface area contributed by atoms with Crippen molar-refractivity contribution in [2.45, 2.75) is 31.6 Å². The van der Waals surface area contributed by atoms with E-state index in [-0.39, 0.29) is 11.7 Å². The number of hydrogen-bond acceptors (Lipinski definition) is 4. The molecule has 0 radical (unpaired) electrons. The van der Waals surface area contributed by atoms with Crippen LogP contribution < -0.4 is 9.47 Å². The molecule has 0 atom stereocenters. The molecule has 2 N–H and O–H groups in total. The number of benzene rings is 3. The zero-order chi connectivity index (χ0) is 27.2. The standard InChI is InChI=1S/C33H31FN4O2/c1-39-22-6-8-24-26-10-12-35-30(32(26)37-28(24)17-22)15-20(19-4-3-5-21(34)14-19)16-31-33-27(11-13-36-31)25-9-7-23(40-2)18-29(25)38-33/h3-9,14,17-18,20,37-38H,10-13,15-16H2,1-2H3. The number of H-pyrrole nitrogens is 2. The zero-order valence-electron chi connectivity index (χ0n) is 22.7. The number of nitrogens with zero attached hydrogens (tertiary/aromatic N) is 2. The van der Waals surface area contributed by atoms with Crippen molar-refractivity contribution < 1.29 is 13.9 Å². The number of aromatic amines is 2. The molecule has 0 bridgehead atoms. The molecule has 0 saturated carbocycles. The molecule has 40 heavy (non-hydrogen) atoms. The Balaban J connectivity index is 1.26. The van der Waals surface area contributed by atoms with Crippen LogP contribution in [0.25, 0.3) is 21.8 Å². The molecular weight excluding hydrogens is 503 g/mol. The molecule has 0 unspecified atom stereocenters. The van der Waals surface area contributed by atoms with Gasteiger partial charge in [-0.2, -0.15) is 0 Å². The first kappa shape index (κ1) is 24.6. The third-order valence-electron chi connectivity index (χ3n) is 8.33. The Morgan fingerprint density at radius 2 is 1.30 bits per heavy atom. The average Bonchev–Trinajstić information content (AvgIpc) is 3.55. The first-order chi connectivity index (χ1) is 19.6. The second-order valence-electron chi connectivity index (χ2n) is 10.6. The zero-order valence-corrected chi connectivity index (χ0v) is 22.7. The molecule has 7 rings (SSSR count). The highest BCUT2D eigenvalue weighted by atomic mass is 19.1. The summed E-state index contributed by atoms with van der Waals surface area (Å²) in [5.41, 5.74) is 9.88. The summed E-state index contributed by atoms with van der Waals surface area (Å²) in [6.07, 6.45) is 3.15. The minimum absolute atomic E-state index is 0.00648. The SMILES string of the molecule is COc1ccc2c3c([nH]c2c1)C(CC(CC1=NCCc2c1[nH]c1cc(OC)ccc21)c1cccc(F)c1)=NCC3. The van der Waals surface area contributed by atoms with Gasteiger partial charge in [-0.15, -0.1) is 0 Å². The lowest BCUT2D eigenvalue weighted by atomic mass is 9.85. The second-order valence-corrected chi connectivity index (χ2v) is 10.6. The van der Waals surface area contributed by atoms with E-state index in [1.165, 1.54) is 28.0 Å². The van der Waals surface area contributed by atoms with Gasteiger partial charge in [0.25, 0.3) is 0 Å². The molecule has 0 saturated heterocycles. The second kappa shape index (κ2) is 9.97. The fourth-order valence-corrected chi connectivity index (χ4v) is 6.37. The van der Waals surface area contributed by atoms with Gasteiger partial charge >= 0.3 is 0 Å². The van der Waals surface area contributed by atoms with E-state index < -0.39 is 0 Å². The maximum absolute atomic E-state index is 14.5. The Bertz CT molecular complexity index is 1700. The van der Waals surface area contributed by atoms with Gasteiger partial charge in [0.15, 0.2) is 0 Å². The minimum Gasteiger partial charge on any atom is -0.497 e. The molecule has 2 aromatic heterocycles. The van der Waals surface area contributed by atoms with Crippen molar-refractivity contribution >= 4 is 33.2 Å². The highest BCUT2D eigenvalue weighted by Gasteiger charge is 2.27. The molecule has 0 amide bonds. The van der Waals surface area contributed by atoms with Crippen molar-refractivity contribution in [2.24, 2.45) is 9.98 Å². The molecule has 0 spiro atoms. The van der Waals surface area contributed by atoms with E-state index in [2.05, 4.69) is 22.1 Å². The first-order valence-electron chi connectivity index (χ1n) is 13.8. The lowest BCUT2D eigenvalue weighted by Crippen LogP contribution is -2.20. The molecule has 202 valence electrons. The number of aliphatic imine (C=N–C) groups is 2. The molecule has 2 aliphatic heterocycles. The van der Waals surface area contributed by atoms with E-state index in [1.54, 1.807) is 26.4 Å². The highest BCUT2D eigenvalue weighted by molar-refractivity contribution is 6.09. The number of hydrogen-bond donors (Lipinski definition) is 2. The average molecular weight is 535 g/mol. The van der Waals surface area contributed by atoms with Gasteiger partial charge < -0.3 is 19.4 Å². The van der Waals surface area contributed by atoms with Gasteiger partial charge in [-0.3, -0.25) is 9.98 Å². The van der Waals surface area contributed by atoms with Crippen LogP contribution in [-0.4, -0.2) is 48.7 Å². The van der Waals surface area contributed by atoms with Gasteiger partial charge in [0.05, 0.1) is 37.0 Å². The normalized spacial score (nSPS) is 14.7. The Kier molecular flexibility index (Phi) is 6.14. The minimum atomic E-state index is -0.226. The van der Waals surface area contributed by atoms with Crippen LogP contribution in [0, 0.1) is 5.82 Å². The van der Waals surface area contributed by atoms with E-state index in [0.717, 1.165) is 76.8 Å². The van der Waals surface area contributed by atoms with Crippen molar-refractivity contribution in [3.05, 3.63) is 94.6 Å². The maximum atomic E-state index is 14.5. The van der Waals surface area contributed by atoms with Gasteiger partial charge in [-0.05, 0) is 84.7 Å². The lowest BCUT2D eigenvalue weighted by Gasteiger charge is -2.23. The van der Waals surface area contributed by atoms with Crippen LogP contribution in [0.15, 0.2) is 70.6 Å². The predicted octanol–water partition coefficient (Wildman–Crippen LogP) is 6.76. The number of ether oxygens (including phenoxy) is 2. The van der Waals surface area contributed by atoms with E-state index in [1.807, 2.05) is 30.3 Å². The molecule has 6 nitrogen and oxygen atoms in total. The van der Waals surface area contributed by atoms with Gasteiger partial charge in [0.1, 0.15) is 17.3 Å². The molecule has 2 aliphatic rings.